The van der Waals surface area contributed by atoms with Gasteiger partial charge in [0.25, 0.3) is 0 Å². The van der Waals surface area contributed by atoms with Crippen LogP contribution in [-0.4, -0.2) is 21.2 Å². The molecule has 5 heteroatoms. The van der Waals surface area contributed by atoms with E-state index in [1.165, 1.54) is 12.1 Å². The van der Waals surface area contributed by atoms with E-state index < -0.39 is 17.2 Å². The van der Waals surface area contributed by atoms with Gasteiger partial charge in [-0.25, -0.2) is 0 Å². The highest BCUT2D eigenvalue weighted by Gasteiger charge is 2.11. The van der Waals surface area contributed by atoms with E-state index in [-0.39, 0.29) is 18.0 Å². The van der Waals surface area contributed by atoms with Gasteiger partial charge in [-0.15, -0.1) is 0 Å². The maximum atomic E-state index is 11.0. The van der Waals surface area contributed by atoms with E-state index in [0.29, 0.717) is 0 Å². The molecule has 0 saturated carbocycles. The fourth-order valence-corrected chi connectivity index (χ4v) is 0.908. The number of amides is 1. The van der Waals surface area contributed by atoms with Gasteiger partial charge >= 0.3 is 0 Å². The summed E-state index contributed by atoms with van der Waals surface area (Å²) in [4.78, 5) is 11.0. The normalized spacial score (nSPS) is 9.79. The highest BCUT2D eigenvalue weighted by molar-refractivity contribution is 5.92. The van der Waals surface area contributed by atoms with Crippen molar-refractivity contribution in [2.24, 2.45) is 0 Å². The van der Waals surface area contributed by atoms with Gasteiger partial charge in [-0.2, -0.15) is 0 Å². The van der Waals surface area contributed by atoms with Crippen LogP contribution in [0.5, 0.6) is 17.2 Å². The highest BCUT2D eigenvalue weighted by atomic mass is 16.3. The Morgan fingerprint density at radius 2 is 1.93 bits per heavy atom. The van der Waals surface area contributed by atoms with Crippen LogP contribution in [-0.2, 0) is 4.79 Å². The molecule has 0 aliphatic carbocycles. The van der Waals surface area contributed by atoms with E-state index in [4.69, 9.17) is 10.2 Å². The minimum absolute atomic E-state index is 0.0761. The summed E-state index contributed by atoms with van der Waals surface area (Å²) < 4.78 is 0. The molecule has 76 valence electrons. The van der Waals surface area contributed by atoms with Crippen LogP contribution in [0.1, 0.15) is 13.3 Å². The molecule has 14 heavy (non-hydrogen) atoms. The van der Waals surface area contributed by atoms with E-state index in [9.17, 15) is 9.90 Å². The molecule has 0 atom stereocenters. The van der Waals surface area contributed by atoms with Crippen molar-refractivity contribution < 1.29 is 20.1 Å². The number of hydrogen-bond donors (Lipinski definition) is 4. The number of carbonyl (C=O) groups is 1. The molecule has 1 aromatic rings. The minimum Gasteiger partial charge on any atom is -0.504 e. The van der Waals surface area contributed by atoms with Crippen LogP contribution in [0.3, 0.4) is 0 Å². The second kappa shape index (κ2) is 3.87. The molecule has 0 aliphatic rings. The molecule has 0 heterocycles. The Kier molecular flexibility index (Phi) is 2.81. The largest absolute Gasteiger partial charge is 0.504 e. The predicted molar refractivity (Wildman–Crippen MR) is 50.4 cm³/mol. The Hall–Kier alpha value is -1.91. The highest BCUT2D eigenvalue weighted by Crippen LogP contribution is 2.39. The molecule has 0 spiro atoms. The summed E-state index contributed by atoms with van der Waals surface area (Å²) in [6, 6.07) is 2.48. The Balaban J connectivity index is 3.00. The lowest BCUT2D eigenvalue weighted by atomic mass is 10.2. The third-order valence-electron chi connectivity index (χ3n) is 1.73. The smallest absolute Gasteiger partial charge is 0.224 e. The molecule has 1 rings (SSSR count). The van der Waals surface area contributed by atoms with Gasteiger partial charge < -0.3 is 20.6 Å². The van der Waals surface area contributed by atoms with Crippen molar-refractivity contribution in [1.29, 1.82) is 0 Å². The molecule has 0 aliphatic heterocycles. The molecule has 0 unspecified atom stereocenters. The second-order valence-corrected chi connectivity index (χ2v) is 2.73. The van der Waals surface area contributed by atoms with Gasteiger partial charge in [-0.1, -0.05) is 6.92 Å². The van der Waals surface area contributed by atoms with E-state index >= 15 is 0 Å². The number of aromatic hydroxyl groups is 3. The Bertz CT molecular complexity index is 362. The van der Waals surface area contributed by atoms with E-state index in [0.717, 1.165) is 0 Å². The molecular weight excluding hydrogens is 186 g/mol. The fraction of sp³-hybridized carbons (Fsp3) is 0.222. The van der Waals surface area contributed by atoms with Crippen molar-refractivity contribution in [1.82, 2.24) is 0 Å². The zero-order valence-electron chi connectivity index (χ0n) is 7.61. The number of hydrogen-bond acceptors (Lipinski definition) is 4. The van der Waals surface area contributed by atoms with Crippen LogP contribution < -0.4 is 5.32 Å². The SMILES string of the molecule is CCC(=O)Nc1ccc(O)c(O)c1O. The molecular formula is C9H11NO4. The van der Waals surface area contributed by atoms with Crippen molar-refractivity contribution in [3.05, 3.63) is 12.1 Å². The molecule has 0 saturated heterocycles. The van der Waals surface area contributed by atoms with E-state index in [2.05, 4.69) is 5.32 Å². The zero-order valence-corrected chi connectivity index (χ0v) is 7.61. The average molecular weight is 197 g/mol. The number of anilines is 1. The average Bonchev–Trinajstić information content (AvgIpc) is 2.19. The molecule has 5 nitrogen and oxygen atoms in total. The van der Waals surface area contributed by atoms with Gasteiger partial charge in [-0.3, -0.25) is 4.79 Å². The monoisotopic (exact) mass is 197 g/mol. The molecule has 1 aromatic carbocycles. The molecule has 0 aromatic heterocycles. The first kappa shape index (κ1) is 10.2. The first-order chi connectivity index (χ1) is 6.56. The first-order valence-electron chi connectivity index (χ1n) is 4.10. The molecule has 4 N–H and O–H groups in total. The number of benzene rings is 1. The lowest BCUT2D eigenvalue weighted by Gasteiger charge is -2.07. The molecule has 1 amide bonds. The van der Waals surface area contributed by atoms with Crippen LogP contribution in [0.2, 0.25) is 0 Å². The van der Waals surface area contributed by atoms with Gasteiger partial charge in [0.1, 0.15) is 0 Å². The molecule has 0 bridgehead atoms. The summed E-state index contributed by atoms with van der Waals surface area (Å²) in [7, 11) is 0. The number of phenols is 3. The fourth-order valence-electron chi connectivity index (χ4n) is 0.908. The third kappa shape index (κ3) is 1.87. The van der Waals surface area contributed by atoms with Crippen molar-refractivity contribution in [3.63, 3.8) is 0 Å². The first-order valence-corrected chi connectivity index (χ1v) is 4.10. The second-order valence-electron chi connectivity index (χ2n) is 2.73. The van der Waals surface area contributed by atoms with Gasteiger partial charge in [0.15, 0.2) is 11.5 Å². The zero-order chi connectivity index (χ0) is 10.7. The van der Waals surface area contributed by atoms with Crippen LogP contribution >= 0.6 is 0 Å². The van der Waals surface area contributed by atoms with Crippen LogP contribution in [0.4, 0.5) is 5.69 Å². The number of rotatable bonds is 2. The van der Waals surface area contributed by atoms with Crippen molar-refractivity contribution in [2.45, 2.75) is 13.3 Å². The summed E-state index contributed by atoms with van der Waals surface area (Å²) in [6.45, 7) is 1.66. The lowest BCUT2D eigenvalue weighted by Crippen LogP contribution is -2.09. The Labute approximate surface area is 80.6 Å². The van der Waals surface area contributed by atoms with Crippen molar-refractivity contribution in [3.8, 4) is 17.2 Å². The van der Waals surface area contributed by atoms with Crippen molar-refractivity contribution >= 4 is 11.6 Å². The summed E-state index contributed by atoms with van der Waals surface area (Å²) in [6.07, 6.45) is 0.265. The van der Waals surface area contributed by atoms with Gasteiger partial charge in [0, 0.05) is 6.42 Å². The van der Waals surface area contributed by atoms with Crippen molar-refractivity contribution in [2.75, 3.05) is 5.32 Å². The number of carbonyl (C=O) groups excluding carboxylic acids is 1. The number of phenolic OH excluding ortho intramolecular Hbond substituents is 3. The van der Waals surface area contributed by atoms with Crippen LogP contribution in [0.15, 0.2) is 12.1 Å². The summed E-state index contributed by atoms with van der Waals surface area (Å²) in [5, 5.41) is 29.8. The topological polar surface area (TPSA) is 89.8 Å². The van der Waals surface area contributed by atoms with E-state index in [1.54, 1.807) is 6.92 Å². The minimum atomic E-state index is -0.640. The molecule has 0 fully saturated rings. The maximum absolute atomic E-state index is 11.0. The van der Waals surface area contributed by atoms with Crippen LogP contribution in [0.25, 0.3) is 0 Å². The van der Waals surface area contributed by atoms with Gasteiger partial charge in [0.2, 0.25) is 11.7 Å². The summed E-state index contributed by atoms with van der Waals surface area (Å²) in [5.41, 5.74) is 0.0761. The van der Waals surface area contributed by atoms with Gasteiger partial charge in [0.05, 0.1) is 5.69 Å². The third-order valence-corrected chi connectivity index (χ3v) is 1.73. The van der Waals surface area contributed by atoms with Gasteiger partial charge in [-0.05, 0) is 12.1 Å². The Morgan fingerprint density at radius 1 is 1.29 bits per heavy atom. The van der Waals surface area contributed by atoms with E-state index in [1.807, 2.05) is 0 Å². The molecule has 0 radical (unpaired) electrons. The predicted octanol–water partition coefficient (Wildman–Crippen LogP) is 1.15. The quantitative estimate of drug-likeness (QED) is 0.423. The summed E-state index contributed by atoms with van der Waals surface area (Å²) >= 11 is 0. The lowest BCUT2D eigenvalue weighted by molar-refractivity contribution is -0.115. The summed E-state index contributed by atoms with van der Waals surface area (Å²) in [5.74, 6) is -1.90. The number of nitrogens with one attached hydrogen (secondary N) is 1. The van der Waals surface area contributed by atoms with Crippen LogP contribution in [0, 0.1) is 0 Å². The maximum Gasteiger partial charge on any atom is 0.224 e. The standard InChI is InChI=1S/C9H11NO4/c1-2-7(12)10-5-3-4-6(11)9(14)8(5)13/h3-4,11,13-14H,2H2,1H3,(H,10,12). The Morgan fingerprint density at radius 3 is 2.50 bits per heavy atom.